The van der Waals surface area contributed by atoms with Crippen molar-refractivity contribution in [1.82, 2.24) is 10.1 Å². The smallest absolute Gasteiger partial charge is 0.308 e. The topological polar surface area (TPSA) is 83.6 Å². The van der Waals surface area contributed by atoms with Crippen LogP contribution >= 0.6 is 11.6 Å². The normalized spacial score (nSPS) is 18.8. The zero-order valence-corrected chi connectivity index (χ0v) is 11.3. The third-order valence-electron chi connectivity index (χ3n) is 3.42. The number of rotatable bonds is 4. The number of carboxylic acid groups (broad SMARTS) is 1. The van der Waals surface area contributed by atoms with Crippen LogP contribution in [0.25, 0.3) is 0 Å². The lowest BCUT2D eigenvalue weighted by atomic mass is 10.1. The molecule has 19 heavy (non-hydrogen) atoms. The molecule has 0 bridgehead atoms. The molecule has 1 aliphatic rings. The zero-order valence-electron chi connectivity index (χ0n) is 10.6. The second kappa shape index (κ2) is 5.61. The Kier molecular flexibility index (Phi) is 4.09. The van der Waals surface area contributed by atoms with Gasteiger partial charge in [-0.2, -0.15) is 0 Å². The van der Waals surface area contributed by atoms with Crippen LogP contribution in [-0.4, -0.2) is 40.1 Å². The van der Waals surface area contributed by atoms with Gasteiger partial charge in [-0.25, -0.2) is 0 Å². The largest absolute Gasteiger partial charge is 0.481 e. The minimum absolute atomic E-state index is 0.0552. The van der Waals surface area contributed by atoms with E-state index in [1.165, 1.54) is 0 Å². The van der Waals surface area contributed by atoms with E-state index in [0.29, 0.717) is 31.6 Å². The number of aromatic nitrogens is 1. The van der Waals surface area contributed by atoms with Gasteiger partial charge >= 0.3 is 5.97 Å². The van der Waals surface area contributed by atoms with Crippen LogP contribution in [0.3, 0.4) is 0 Å². The Morgan fingerprint density at radius 3 is 2.84 bits per heavy atom. The van der Waals surface area contributed by atoms with Gasteiger partial charge in [0.2, 0.25) is 11.1 Å². The highest BCUT2D eigenvalue weighted by Crippen LogP contribution is 2.22. The molecule has 1 N–H and O–H groups in total. The van der Waals surface area contributed by atoms with Crippen molar-refractivity contribution in [3.8, 4) is 0 Å². The molecule has 1 aromatic heterocycles. The SMILES string of the molecule is Cc1noc(Cl)c1CCC(=O)N1CC[C@H](C(=O)O)C1. The Morgan fingerprint density at radius 2 is 2.32 bits per heavy atom. The standard InChI is InChI=1S/C12H15ClN2O4/c1-7-9(11(13)19-14-7)2-3-10(16)15-5-4-8(6-15)12(17)18/h8H,2-6H2,1H3,(H,17,18)/t8-/m0/s1. The van der Waals surface area contributed by atoms with Crippen LogP contribution in [-0.2, 0) is 16.0 Å². The van der Waals surface area contributed by atoms with Crippen LogP contribution in [0.5, 0.6) is 0 Å². The molecule has 1 aliphatic heterocycles. The molecular weight excluding hydrogens is 272 g/mol. The van der Waals surface area contributed by atoms with Gasteiger partial charge in [0.1, 0.15) is 0 Å². The molecule has 1 aromatic rings. The Morgan fingerprint density at radius 1 is 1.58 bits per heavy atom. The van der Waals surface area contributed by atoms with Crippen molar-refractivity contribution in [1.29, 1.82) is 0 Å². The number of aliphatic carboxylic acids is 1. The summed E-state index contributed by atoms with van der Waals surface area (Å²) in [7, 11) is 0. The minimum Gasteiger partial charge on any atom is -0.481 e. The molecule has 0 saturated carbocycles. The van der Waals surface area contributed by atoms with Gasteiger partial charge in [-0.1, -0.05) is 5.16 Å². The Hall–Kier alpha value is -1.56. The maximum Gasteiger partial charge on any atom is 0.308 e. The summed E-state index contributed by atoms with van der Waals surface area (Å²) in [5, 5.41) is 12.8. The third-order valence-corrected chi connectivity index (χ3v) is 3.71. The molecule has 104 valence electrons. The van der Waals surface area contributed by atoms with E-state index in [4.69, 9.17) is 21.2 Å². The van der Waals surface area contributed by atoms with Gasteiger partial charge < -0.3 is 14.5 Å². The van der Waals surface area contributed by atoms with Gasteiger partial charge in [-0.3, -0.25) is 9.59 Å². The first kappa shape index (κ1) is 13.9. The van der Waals surface area contributed by atoms with Crippen molar-refractivity contribution >= 4 is 23.5 Å². The summed E-state index contributed by atoms with van der Waals surface area (Å²) >= 11 is 5.82. The summed E-state index contributed by atoms with van der Waals surface area (Å²) in [6, 6.07) is 0. The van der Waals surface area contributed by atoms with Crippen LogP contribution in [0.15, 0.2) is 4.52 Å². The number of hydrogen-bond donors (Lipinski definition) is 1. The highest BCUT2D eigenvalue weighted by Gasteiger charge is 2.30. The van der Waals surface area contributed by atoms with E-state index in [1.54, 1.807) is 11.8 Å². The molecule has 0 radical (unpaired) electrons. The van der Waals surface area contributed by atoms with Crippen molar-refractivity contribution in [3.05, 3.63) is 16.5 Å². The fourth-order valence-electron chi connectivity index (χ4n) is 2.22. The molecule has 0 aliphatic carbocycles. The molecule has 1 amide bonds. The molecule has 0 unspecified atom stereocenters. The van der Waals surface area contributed by atoms with E-state index >= 15 is 0 Å². The highest BCUT2D eigenvalue weighted by atomic mass is 35.5. The predicted molar refractivity (Wildman–Crippen MR) is 66.9 cm³/mol. The number of likely N-dealkylation sites (tertiary alicyclic amines) is 1. The van der Waals surface area contributed by atoms with E-state index < -0.39 is 11.9 Å². The molecule has 6 nitrogen and oxygen atoms in total. The summed E-state index contributed by atoms with van der Waals surface area (Å²) in [5.74, 6) is -1.33. The molecule has 1 fully saturated rings. The van der Waals surface area contributed by atoms with E-state index in [-0.39, 0.29) is 17.5 Å². The van der Waals surface area contributed by atoms with Crippen LogP contribution in [0, 0.1) is 12.8 Å². The number of aryl methyl sites for hydroxylation is 1. The van der Waals surface area contributed by atoms with E-state index in [9.17, 15) is 9.59 Å². The number of carboxylic acids is 1. The van der Waals surface area contributed by atoms with Gasteiger partial charge in [-0.15, -0.1) is 0 Å². The summed E-state index contributed by atoms with van der Waals surface area (Å²) in [4.78, 5) is 24.4. The summed E-state index contributed by atoms with van der Waals surface area (Å²) in [6.45, 7) is 2.57. The van der Waals surface area contributed by atoms with E-state index in [0.717, 1.165) is 5.56 Å². The maximum atomic E-state index is 12.0. The summed E-state index contributed by atoms with van der Waals surface area (Å²) in [5.41, 5.74) is 1.42. The first-order valence-corrected chi connectivity index (χ1v) is 6.48. The molecule has 2 heterocycles. The lowest BCUT2D eigenvalue weighted by Crippen LogP contribution is -2.30. The monoisotopic (exact) mass is 286 g/mol. The minimum atomic E-state index is -0.840. The van der Waals surface area contributed by atoms with Crippen molar-refractivity contribution in [2.45, 2.75) is 26.2 Å². The summed E-state index contributed by atoms with van der Waals surface area (Å²) < 4.78 is 4.81. The van der Waals surface area contributed by atoms with Crippen LogP contribution in [0.4, 0.5) is 0 Å². The van der Waals surface area contributed by atoms with Gasteiger partial charge in [0.05, 0.1) is 11.6 Å². The van der Waals surface area contributed by atoms with Gasteiger partial charge in [-0.05, 0) is 31.4 Å². The lowest BCUT2D eigenvalue weighted by Gasteiger charge is -2.15. The average molecular weight is 287 g/mol. The molecule has 1 saturated heterocycles. The second-order valence-corrected chi connectivity index (χ2v) is 5.03. The lowest BCUT2D eigenvalue weighted by molar-refractivity contribution is -0.141. The maximum absolute atomic E-state index is 12.0. The molecule has 0 spiro atoms. The van der Waals surface area contributed by atoms with Crippen molar-refractivity contribution in [2.75, 3.05) is 13.1 Å². The van der Waals surface area contributed by atoms with Crippen LogP contribution < -0.4 is 0 Å². The number of amides is 1. The van der Waals surface area contributed by atoms with Gasteiger partial charge in [0.25, 0.3) is 0 Å². The van der Waals surface area contributed by atoms with Gasteiger partial charge in [0.15, 0.2) is 0 Å². The Labute approximate surface area is 115 Å². The zero-order chi connectivity index (χ0) is 14.0. The third kappa shape index (κ3) is 3.07. The Bertz CT molecular complexity index is 480. The quantitative estimate of drug-likeness (QED) is 0.907. The predicted octanol–water partition coefficient (Wildman–Crippen LogP) is 1.50. The highest BCUT2D eigenvalue weighted by molar-refractivity contribution is 6.29. The fourth-order valence-corrected chi connectivity index (χ4v) is 2.48. The first-order chi connectivity index (χ1) is 8.99. The Balaban J connectivity index is 1.87. The summed E-state index contributed by atoms with van der Waals surface area (Å²) in [6.07, 6.45) is 1.27. The van der Waals surface area contributed by atoms with Crippen LogP contribution in [0.2, 0.25) is 5.22 Å². The van der Waals surface area contributed by atoms with Gasteiger partial charge in [0, 0.05) is 25.1 Å². The number of hydrogen-bond acceptors (Lipinski definition) is 4. The number of nitrogens with zero attached hydrogens (tertiary/aromatic N) is 2. The molecule has 7 heteroatoms. The average Bonchev–Trinajstić information content (AvgIpc) is 2.95. The second-order valence-electron chi connectivity index (χ2n) is 4.68. The number of halogens is 1. The van der Waals surface area contributed by atoms with E-state index in [1.807, 2.05) is 0 Å². The number of carbonyl (C=O) groups excluding carboxylic acids is 1. The van der Waals surface area contributed by atoms with Crippen LogP contribution in [0.1, 0.15) is 24.1 Å². The van der Waals surface area contributed by atoms with Crippen molar-refractivity contribution in [2.24, 2.45) is 5.92 Å². The van der Waals surface area contributed by atoms with Crippen molar-refractivity contribution in [3.63, 3.8) is 0 Å². The molecular formula is C12H15ClN2O4. The van der Waals surface area contributed by atoms with E-state index in [2.05, 4.69) is 5.16 Å². The first-order valence-electron chi connectivity index (χ1n) is 6.10. The fraction of sp³-hybridized carbons (Fsp3) is 0.583. The van der Waals surface area contributed by atoms with Crippen molar-refractivity contribution < 1.29 is 19.2 Å². The molecule has 0 aromatic carbocycles. The number of carbonyl (C=O) groups is 2. The molecule has 2 rings (SSSR count). The molecule has 1 atom stereocenters.